The molecule has 0 saturated carbocycles. The Bertz CT molecular complexity index is 1450. The molecule has 3 fully saturated rings. The molecule has 0 bridgehead atoms. The summed E-state index contributed by atoms with van der Waals surface area (Å²) in [6.07, 6.45) is 7.18. The van der Waals surface area contributed by atoms with Crippen molar-refractivity contribution in [3.8, 4) is 5.75 Å². The molecule has 8 heteroatoms. The molecular formula is C39H54N6O2. The van der Waals surface area contributed by atoms with E-state index >= 15 is 0 Å². The van der Waals surface area contributed by atoms with E-state index in [0.29, 0.717) is 23.6 Å². The quantitative estimate of drug-likeness (QED) is 0.301. The van der Waals surface area contributed by atoms with Crippen molar-refractivity contribution in [3.05, 3.63) is 89.0 Å². The van der Waals surface area contributed by atoms with E-state index in [1.807, 2.05) is 18.7 Å². The Morgan fingerprint density at radius 3 is 2.28 bits per heavy atom. The van der Waals surface area contributed by atoms with Gasteiger partial charge in [-0.3, -0.25) is 19.5 Å². The van der Waals surface area contributed by atoms with Gasteiger partial charge in [0.2, 0.25) is 0 Å². The predicted molar refractivity (Wildman–Crippen MR) is 188 cm³/mol. The molecule has 0 spiro atoms. The van der Waals surface area contributed by atoms with Crippen LogP contribution in [0, 0.1) is 19.8 Å². The number of nitrogens with zero attached hydrogens (tertiary/aromatic N) is 6. The zero-order chi connectivity index (χ0) is 33.0. The summed E-state index contributed by atoms with van der Waals surface area (Å²) in [7, 11) is 1.73. The van der Waals surface area contributed by atoms with Gasteiger partial charge in [0, 0.05) is 63.4 Å². The zero-order valence-corrected chi connectivity index (χ0v) is 29.2. The number of aromatic nitrogens is 2. The summed E-state index contributed by atoms with van der Waals surface area (Å²) < 4.78 is 5.39. The molecule has 0 aliphatic carbocycles. The number of benzene rings is 2. The second kappa shape index (κ2) is 14.8. The second-order valence-corrected chi connectivity index (χ2v) is 14.5. The lowest BCUT2D eigenvalue weighted by molar-refractivity contribution is -0.0441. The van der Waals surface area contributed by atoms with Crippen molar-refractivity contribution in [2.45, 2.75) is 84.0 Å². The molecule has 8 nitrogen and oxygen atoms in total. The monoisotopic (exact) mass is 638 g/mol. The van der Waals surface area contributed by atoms with Crippen LogP contribution in [0.2, 0.25) is 0 Å². The summed E-state index contributed by atoms with van der Waals surface area (Å²) in [6.45, 7) is 16.8. The second-order valence-electron chi connectivity index (χ2n) is 14.5. The van der Waals surface area contributed by atoms with Crippen LogP contribution in [0.25, 0.3) is 0 Å². The lowest BCUT2D eigenvalue weighted by Crippen LogP contribution is -2.64. The van der Waals surface area contributed by atoms with Crippen molar-refractivity contribution in [1.82, 2.24) is 29.6 Å². The Balaban J connectivity index is 1.11. The fraction of sp³-hybridized carbons (Fsp3) is 0.564. The molecule has 0 N–H and O–H groups in total. The fourth-order valence-electron chi connectivity index (χ4n) is 8.47. The number of rotatable bonds is 9. The number of piperidine rings is 2. The minimum Gasteiger partial charge on any atom is -0.497 e. The molecule has 1 aromatic heterocycles. The summed E-state index contributed by atoms with van der Waals surface area (Å²) in [5.74, 6) is 1.63. The van der Waals surface area contributed by atoms with Gasteiger partial charge in [0.1, 0.15) is 12.1 Å². The Kier molecular flexibility index (Phi) is 10.6. The Morgan fingerprint density at radius 1 is 0.915 bits per heavy atom. The highest BCUT2D eigenvalue weighted by atomic mass is 16.5. The summed E-state index contributed by atoms with van der Waals surface area (Å²) >= 11 is 0. The van der Waals surface area contributed by atoms with Crippen LogP contribution in [-0.2, 0) is 13.0 Å². The molecule has 1 amide bonds. The molecule has 3 aromatic rings. The molecule has 3 aliphatic heterocycles. The maximum atomic E-state index is 13.5. The third-order valence-corrected chi connectivity index (χ3v) is 11.4. The molecular weight excluding hydrogens is 584 g/mol. The molecule has 3 atom stereocenters. The first-order chi connectivity index (χ1) is 22.7. The van der Waals surface area contributed by atoms with E-state index in [4.69, 9.17) is 4.74 Å². The van der Waals surface area contributed by atoms with Gasteiger partial charge in [0.25, 0.3) is 5.91 Å². The van der Waals surface area contributed by atoms with Gasteiger partial charge >= 0.3 is 0 Å². The van der Waals surface area contributed by atoms with Crippen LogP contribution in [0.4, 0.5) is 0 Å². The van der Waals surface area contributed by atoms with Gasteiger partial charge in [0.05, 0.1) is 24.1 Å². The largest absolute Gasteiger partial charge is 0.497 e. The molecule has 2 unspecified atom stereocenters. The predicted octanol–water partition coefficient (Wildman–Crippen LogP) is 5.63. The number of hydrogen-bond acceptors (Lipinski definition) is 7. The van der Waals surface area contributed by atoms with Gasteiger partial charge in [-0.2, -0.15) is 0 Å². The smallest absolute Gasteiger partial charge is 0.257 e. The van der Waals surface area contributed by atoms with E-state index in [1.54, 1.807) is 13.4 Å². The number of hydrogen-bond donors (Lipinski definition) is 0. The highest BCUT2D eigenvalue weighted by molar-refractivity contribution is 5.96. The zero-order valence-electron chi connectivity index (χ0n) is 29.2. The Hall–Kier alpha value is -3.33. The van der Waals surface area contributed by atoms with Crippen LogP contribution < -0.4 is 4.74 Å². The normalized spacial score (nSPS) is 23.4. The van der Waals surface area contributed by atoms with Gasteiger partial charge in [-0.1, -0.05) is 42.5 Å². The minimum absolute atomic E-state index is 0.0816. The molecule has 0 radical (unpaired) electrons. The Labute approximate surface area is 282 Å². The molecule has 3 aliphatic rings. The van der Waals surface area contributed by atoms with Crippen LogP contribution in [0.5, 0.6) is 5.75 Å². The molecule has 2 aromatic carbocycles. The van der Waals surface area contributed by atoms with Crippen LogP contribution in [0.15, 0.2) is 60.9 Å². The van der Waals surface area contributed by atoms with Gasteiger partial charge < -0.3 is 9.64 Å². The van der Waals surface area contributed by atoms with Gasteiger partial charge in [-0.05, 0) is 95.5 Å². The average Bonchev–Trinajstić information content (AvgIpc) is 3.08. The van der Waals surface area contributed by atoms with Crippen molar-refractivity contribution in [2.75, 3.05) is 52.9 Å². The Morgan fingerprint density at radius 2 is 1.62 bits per heavy atom. The van der Waals surface area contributed by atoms with E-state index in [1.165, 1.54) is 24.0 Å². The van der Waals surface area contributed by atoms with Crippen LogP contribution in [-0.4, -0.2) is 106 Å². The number of amides is 1. The number of aryl methyl sites for hydroxylation is 2. The number of ether oxygens (including phenoxy) is 1. The molecule has 252 valence electrons. The number of piperazine rings is 1. The van der Waals surface area contributed by atoms with Crippen LogP contribution in [0.1, 0.15) is 72.4 Å². The standard InChI is InChI=1S/C39H54N6O2/c1-29-25-44(39(4)17-20-43(21-18-39)38(46)37-30(2)40-28-41-31(37)3)22-23-45(29)36(24-32-10-7-6-8-11-32)34-12-9-19-42(27-34)26-33-13-15-35(47-5)16-14-33/h6-8,10-11,13-16,28-29,34,36H,9,12,17-27H2,1-5H3/t29-,34?,36?/m0/s1. The highest BCUT2D eigenvalue weighted by Gasteiger charge is 2.42. The van der Waals surface area contributed by atoms with Crippen molar-refractivity contribution < 1.29 is 9.53 Å². The third kappa shape index (κ3) is 7.71. The maximum Gasteiger partial charge on any atom is 0.257 e. The van der Waals surface area contributed by atoms with Crippen LogP contribution in [0.3, 0.4) is 0 Å². The summed E-state index contributed by atoms with van der Waals surface area (Å²) in [6, 6.07) is 20.7. The van der Waals surface area contributed by atoms with E-state index < -0.39 is 0 Å². The summed E-state index contributed by atoms with van der Waals surface area (Å²) in [5, 5.41) is 0. The third-order valence-electron chi connectivity index (χ3n) is 11.4. The molecule has 4 heterocycles. The lowest BCUT2D eigenvalue weighted by atomic mass is 9.83. The van der Waals surface area contributed by atoms with Crippen molar-refractivity contribution in [2.24, 2.45) is 5.92 Å². The van der Waals surface area contributed by atoms with Crippen molar-refractivity contribution in [3.63, 3.8) is 0 Å². The first-order valence-electron chi connectivity index (χ1n) is 17.7. The lowest BCUT2D eigenvalue weighted by Gasteiger charge is -2.54. The number of methoxy groups -OCH3 is 1. The number of carbonyl (C=O) groups excluding carboxylic acids is 1. The van der Waals surface area contributed by atoms with E-state index in [9.17, 15) is 4.79 Å². The van der Waals surface area contributed by atoms with Gasteiger partial charge in [-0.15, -0.1) is 0 Å². The summed E-state index contributed by atoms with van der Waals surface area (Å²) in [5.41, 5.74) is 5.12. The van der Waals surface area contributed by atoms with Crippen molar-refractivity contribution >= 4 is 5.91 Å². The van der Waals surface area contributed by atoms with E-state index in [2.05, 4.69) is 93.1 Å². The SMILES string of the molecule is COc1ccc(CN2CCCC(C(Cc3ccccc3)N3CCN(C4(C)CCN(C(=O)c5c(C)ncnc5C)CC4)C[C@@H]3C)C2)cc1. The van der Waals surface area contributed by atoms with Gasteiger partial charge in [-0.25, -0.2) is 9.97 Å². The van der Waals surface area contributed by atoms with E-state index in [-0.39, 0.29) is 11.4 Å². The first-order valence-corrected chi connectivity index (χ1v) is 17.7. The minimum atomic E-state index is 0.0816. The molecule has 47 heavy (non-hydrogen) atoms. The fourth-order valence-corrected chi connectivity index (χ4v) is 8.47. The first kappa shape index (κ1) is 33.6. The molecule has 6 rings (SSSR count). The number of carbonyl (C=O) groups is 1. The number of likely N-dealkylation sites (tertiary alicyclic amines) is 2. The van der Waals surface area contributed by atoms with Crippen LogP contribution >= 0.6 is 0 Å². The van der Waals surface area contributed by atoms with Crippen molar-refractivity contribution in [1.29, 1.82) is 0 Å². The van der Waals surface area contributed by atoms with Gasteiger partial charge in [0.15, 0.2) is 0 Å². The highest BCUT2D eigenvalue weighted by Crippen LogP contribution is 2.34. The summed E-state index contributed by atoms with van der Waals surface area (Å²) in [4.78, 5) is 32.4. The average molecular weight is 639 g/mol. The topological polar surface area (TPSA) is 65.0 Å². The maximum absolute atomic E-state index is 13.5. The van der Waals surface area contributed by atoms with E-state index in [0.717, 1.165) is 88.8 Å². The molecule has 3 saturated heterocycles.